The molecule has 0 saturated heterocycles. The number of halogens is 1. The minimum absolute atomic E-state index is 0.247. The van der Waals surface area contributed by atoms with Crippen LogP contribution in [0.15, 0.2) is 35.0 Å². The predicted octanol–water partition coefficient (Wildman–Crippen LogP) is 3.24. The average molecular weight is 309 g/mol. The van der Waals surface area contributed by atoms with Crippen LogP contribution in [0.1, 0.15) is 11.1 Å². The summed E-state index contributed by atoms with van der Waals surface area (Å²) in [5.74, 6) is 0.486. The molecule has 0 aliphatic rings. The van der Waals surface area contributed by atoms with E-state index in [1.807, 2.05) is 0 Å². The van der Waals surface area contributed by atoms with E-state index in [0.29, 0.717) is 19.8 Å². The van der Waals surface area contributed by atoms with E-state index in [0.717, 1.165) is 24.3 Å². The van der Waals surface area contributed by atoms with Gasteiger partial charge in [0.2, 0.25) is 0 Å². The van der Waals surface area contributed by atoms with E-state index in [4.69, 9.17) is 9.47 Å². The highest BCUT2D eigenvalue weighted by molar-refractivity contribution is 7.07. The lowest BCUT2D eigenvalue weighted by molar-refractivity contribution is 0.199. The smallest absolute Gasteiger partial charge is 0.123 e. The molecule has 114 valence electrons. The van der Waals surface area contributed by atoms with E-state index in [9.17, 15) is 4.39 Å². The molecule has 1 aromatic carbocycles. The van der Waals surface area contributed by atoms with Crippen LogP contribution in [-0.2, 0) is 17.7 Å². The van der Waals surface area contributed by atoms with E-state index in [1.165, 1.54) is 17.7 Å². The number of ether oxygens (including phenoxy) is 2. The van der Waals surface area contributed by atoms with Crippen molar-refractivity contribution in [1.29, 1.82) is 0 Å². The Balaban J connectivity index is 1.87. The summed E-state index contributed by atoms with van der Waals surface area (Å²) in [6, 6.07) is 6.72. The lowest BCUT2D eigenvalue weighted by Crippen LogP contribution is -2.19. The molecule has 2 aromatic rings. The Kier molecular flexibility index (Phi) is 6.66. The van der Waals surface area contributed by atoms with Gasteiger partial charge >= 0.3 is 0 Å². The molecular weight excluding hydrogens is 289 g/mol. The van der Waals surface area contributed by atoms with Crippen molar-refractivity contribution in [2.24, 2.45) is 0 Å². The van der Waals surface area contributed by atoms with Crippen molar-refractivity contribution in [2.45, 2.75) is 13.0 Å². The molecule has 0 aliphatic carbocycles. The van der Waals surface area contributed by atoms with Gasteiger partial charge in [-0.05, 0) is 40.6 Å². The second kappa shape index (κ2) is 8.77. The number of hydrogen-bond donors (Lipinski definition) is 1. The Morgan fingerprint density at radius 2 is 2.14 bits per heavy atom. The third-order valence-electron chi connectivity index (χ3n) is 3.05. The Bertz CT molecular complexity index is 531. The molecule has 0 amide bonds. The molecule has 0 spiro atoms. The van der Waals surface area contributed by atoms with Gasteiger partial charge in [-0.1, -0.05) is 0 Å². The van der Waals surface area contributed by atoms with Crippen LogP contribution in [0.3, 0.4) is 0 Å². The zero-order chi connectivity index (χ0) is 14.9. The summed E-state index contributed by atoms with van der Waals surface area (Å²) < 4.78 is 24.1. The first kappa shape index (κ1) is 15.9. The quantitative estimate of drug-likeness (QED) is 0.721. The first-order valence-electron chi connectivity index (χ1n) is 6.91. The van der Waals surface area contributed by atoms with Crippen LogP contribution in [0.2, 0.25) is 0 Å². The van der Waals surface area contributed by atoms with Crippen LogP contribution in [0.25, 0.3) is 0 Å². The fourth-order valence-electron chi connectivity index (χ4n) is 1.94. The molecule has 5 heteroatoms. The summed E-state index contributed by atoms with van der Waals surface area (Å²) >= 11 is 1.68. The number of thiophene rings is 1. The topological polar surface area (TPSA) is 30.5 Å². The molecule has 0 bridgehead atoms. The van der Waals surface area contributed by atoms with Gasteiger partial charge in [0.15, 0.2) is 0 Å². The van der Waals surface area contributed by atoms with Crippen LogP contribution < -0.4 is 10.1 Å². The molecule has 1 N–H and O–H groups in total. The summed E-state index contributed by atoms with van der Waals surface area (Å²) in [5, 5.41) is 7.37. The Morgan fingerprint density at radius 1 is 1.24 bits per heavy atom. The number of rotatable bonds is 9. The summed E-state index contributed by atoms with van der Waals surface area (Å²) in [6.45, 7) is 2.51. The van der Waals surface area contributed by atoms with E-state index in [2.05, 4.69) is 22.1 Å². The Morgan fingerprint density at radius 3 is 2.90 bits per heavy atom. The molecule has 1 heterocycles. The summed E-state index contributed by atoms with van der Waals surface area (Å²) in [5.41, 5.74) is 2.10. The van der Waals surface area contributed by atoms with E-state index < -0.39 is 0 Å². The fourth-order valence-corrected chi connectivity index (χ4v) is 2.64. The summed E-state index contributed by atoms with van der Waals surface area (Å²) in [7, 11) is 1.66. The number of hydrogen-bond acceptors (Lipinski definition) is 4. The van der Waals surface area contributed by atoms with Crippen molar-refractivity contribution in [1.82, 2.24) is 5.32 Å². The monoisotopic (exact) mass is 309 g/mol. The number of nitrogens with one attached hydrogen (secondary N) is 1. The van der Waals surface area contributed by atoms with Crippen molar-refractivity contribution in [3.63, 3.8) is 0 Å². The highest BCUT2D eigenvalue weighted by Gasteiger charge is 2.06. The van der Waals surface area contributed by atoms with Crippen molar-refractivity contribution < 1.29 is 13.9 Å². The zero-order valence-electron chi connectivity index (χ0n) is 12.1. The van der Waals surface area contributed by atoms with Gasteiger partial charge in [0, 0.05) is 32.2 Å². The van der Waals surface area contributed by atoms with Gasteiger partial charge in [0.25, 0.3) is 0 Å². The minimum atomic E-state index is -0.247. The predicted molar refractivity (Wildman–Crippen MR) is 83.5 cm³/mol. The second-order valence-corrected chi connectivity index (χ2v) is 5.43. The molecule has 0 fully saturated rings. The molecule has 0 unspecified atom stereocenters. The molecule has 1 aromatic heterocycles. The van der Waals surface area contributed by atoms with Crippen LogP contribution in [0.5, 0.6) is 5.75 Å². The maximum atomic E-state index is 13.4. The lowest BCUT2D eigenvalue weighted by atomic mass is 10.2. The van der Waals surface area contributed by atoms with Gasteiger partial charge in [-0.2, -0.15) is 11.3 Å². The largest absolute Gasteiger partial charge is 0.493 e. The number of benzene rings is 1. The highest BCUT2D eigenvalue weighted by atomic mass is 32.1. The van der Waals surface area contributed by atoms with Crippen molar-refractivity contribution in [2.75, 3.05) is 26.9 Å². The van der Waals surface area contributed by atoms with E-state index >= 15 is 0 Å². The minimum Gasteiger partial charge on any atom is -0.493 e. The molecule has 0 atom stereocenters. The fraction of sp³-hybridized carbons (Fsp3) is 0.375. The van der Waals surface area contributed by atoms with Gasteiger partial charge < -0.3 is 14.8 Å². The number of methoxy groups -OCH3 is 1. The zero-order valence-corrected chi connectivity index (χ0v) is 12.9. The third kappa shape index (κ3) is 5.46. The van der Waals surface area contributed by atoms with Crippen LogP contribution >= 0.6 is 11.3 Å². The van der Waals surface area contributed by atoms with Crippen molar-refractivity contribution in [3.8, 4) is 5.75 Å². The van der Waals surface area contributed by atoms with Gasteiger partial charge in [-0.15, -0.1) is 0 Å². The molecule has 21 heavy (non-hydrogen) atoms. The van der Waals surface area contributed by atoms with Crippen molar-refractivity contribution in [3.05, 3.63) is 52.0 Å². The molecule has 3 nitrogen and oxygen atoms in total. The first-order valence-corrected chi connectivity index (χ1v) is 7.86. The molecular formula is C16H20FNO2S. The van der Waals surface area contributed by atoms with Gasteiger partial charge in [0.05, 0.1) is 13.2 Å². The maximum absolute atomic E-state index is 13.4. The SMILES string of the molecule is COCCNCc1cc(F)ccc1OCCc1ccsc1. The molecule has 0 aliphatic heterocycles. The van der Waals surface area contributed by atoms with Gasteiger partial charge in [-0.3, -0.25) is 0 Å². The summed E-state index contributed by atoms with van der Waals surface area (Å²) in [4.78, 5) is 0. The third-order valence-corrected chi connectivity index (χ3v) is 3.78. The second-order valence-electron chi connectivity index (χ2n) is 4.65. The van der Waals surface area contributed by atoms with Crippen molar-refractivity contribution >= 4 is 11.3 Å². The van der Waals surface area contributed by atoms with Crippen LogP contribution in [-0.4, -0.2) is 26.9 Å². The van der Waals surface area contributed by atoms with E-state index in [-0.39, 0.29) is 5.82 Å². The molecule has 2 rings (SSSR count). The average Bonchev–Trinajstić information content (AvgIpc) is 2.99. The van der Waals surface area contributed by atoms with Gasteiger partial charge in [-0.25, -0.2) is 4.39 Å². The highest BCUT2D eigenvalue weighted by Crippen LogP contribution is 2.20. The van der Waals surface area contributed by atoms with E-state index in [1.54, 1.807) is 24.5 Å². The maximum Gasteiger partial charge on any atom is 0.123 e. The first-order chi connectivity index (χ1) is 10.3. The Hall–Kier alpha value is -1.43. The Labute approximate surface area is 128 Å². The normalized spacial score (nSPS) is 10.8. The molecule has 0 radical (unpaired) electrons. The standard InChI is InChI=1S/C16H20FNO2S/c1-19-8-6-18-11-14-10-15(17)2-3-16(14)20-7-4-13-5-9-21-12-13/h2-3,5,9-10,12,18H,4,6-8,11H2,1H3. The van der Waals surface area contributed by atoms with Crippen LogP contribution in [0.4, 0.5) is 4.39 Å². The van der Waals surface area contributed by atoms with Crippen LogP contribution in [0, 0.1) is 5.82 Å². The molecule has 0 saturated carbocycles. The van der Waals surface area contributed by atoms with Gasteiger partial charge in [0.1, 0.15) is 11.6 Å². The summed E-state index contributed by atoms with van der Waals surface area (Å²) in [6.07, 6.45) is 0.859. The lowest BCUT2D eigenvalue weighted by Gasteiger charge is -2.12.